The summed E-state index contributed by atoms with van der Waals surface area (Å²) in [6.45, 7) is 2.72. The Morgan fingerprint density at radius 1 is 0.788 bits per heavy atom. The van der Waals surface area contributed by atoms with E-state index in [9.17, 15) is 9.59 Å². The summed E-state index contributed by atoms with van der Waals surface area (Å²) in [5.74, 6) is 0.307. The van der Waals surface area contributed by atoms with Gasteiger partial charge in [0, 0.05) is 38.3 Å². The van der Waals surface area contributed by atoms with Gasteiger partial charge in [0.1, 0.15) is 5.75 Å². The molecule has 170 valence electrons. The molecule has 1 fully saturated rings. The van der Waals surface area contributed by atoms with Gasteiger partial charge in [0.25, 0.3) is 5.91 Å². The summed E-state index contributed by atoms with van der Waals surface area (Å²) < 4.78 is 5.77. The SMILES string of the molecule is O=C(COc1ccccc1Cc1ccccc1)NCC(=O)N1CCN(c2ccccc2)CC1. The number of anilines is 1. The molecule has 0 atom stereocenters. The van der Waals surface area contributed by atoms with E-state index in [-0.39, 0.29) is 25.0 Å². The van der Waals surface area contributed by atoms with Gasteiger partial charge >= 0.3 is 0 Å². The van der Waals surface area contributed by atoms with Crippen LogP contribution in [-0.2, 0) is 16.0 Å². The predicted molar refractivity (Wildman–Crippen MR) is 129 cm³/mol. The molecule has 1 aliphatic heterocycles. The van der Waals surface area contributed by atoms with Crippen LogP contribution in [0.5, 0.6) is 5.75 Å². The number of nitrogens with one attached hydrogen (secondary N) is 1. The molecule has 0 unspecified atom stereocenters. The van der Waals surface area contributed by atoms with Crippen molar-refractivity contribution in [3.8, 4) is 5.75 Å². The summed E-state index contributed by atoms with van der Waals surface area (Å²) in [6, 6.07) is 28.0. The van der Waals surface area contributed by atoms with Crippen LogP contribution < -0.4 is 15.0 Å². The number of para-hydroxylation sites is 2. The van der Waals surface area contributed by atoms with Crippen molar-refractivity contribution in [2.75, 3.05) is 44.2 Å². The first-order chi connectivity index (χ1) is 16.2. The minimum Gasteiger partial charge on any atom is -0.483 e. The maximum absolute atomic E-state index is 12.5. The van der Waals surface area contributed by atoms with Gasteiger partial charge in [0.15, 0.2) is 6.61 Å². The second-order valence-electron chi connectivity index (χ2n) is 8.04. The highest BCUT2D eigenvalue weighted by molar-refractivity contribution is 5.85. The lowest BCUT2D eigenvalue weighted by atomic mass is 10.0. The monoisotopic (exact) mass is 443 g/mol. The van der Waals surface area contributed by atoms with E-state index in [4.69, 9.17) is 4.74 Å². The maximum atomic E-state index is 12.5. The third-order valence-corrected chi connectivity index (χ3v) is 5.76. The zero-order chi connectivity index (χ0) is 22.9. The Balaban J connectivity index is 1.21. The Morgan fingerprint density at radius 3 is 2.15 bits per heavy atom. The van der Waals surface area contributed by atoms with E-state index in [1.807, 2.05) is 60.7 Å². The number of piperazine rings is 1. The van der Waals surface area contributed by atoms with E-state index in [0.29, 0.717) is 18.8 Å². The largest absolute Gasteiger partial charge is 0.483 e. The van der Waals surface area contributed by atoms with E-state index >= 15 is 0 Å². The highest BCUT2D eigenvalue weighted by Crippen LogP contribution is 2.21. The lowest BCUT2D eigenvalue weighted by Crippen LogP contribution is -2.51. The van der Waals surface area contributed by atoms with Crippen LogP contribution in [0.3, 0.4) is 0 Å². The van der Waals surface area contributed by atoms with Crippen LogP contribution in [0.4, 0.5) is 5.69 Å². The van der Waals surface area contributed by atoms with Crippen LogP contribution in [-0.4, -0.2) is 56.0 Å². The van der Waals surface area contributed by atoms with Gasteiger partial charge in [-0.15, -0.1) is 0 Å². The van der Waals surface area contributed by atoms with E-state index in [2.05, 4.69) is 34.5 Å². The zero-order valence-electron chi connectivity index (χ0n) is 18.7. The van der Waals surface area contributed by atoms with Crippen molar-refractivity contribution in [2.24, 2.45) is 0 Å². The Hall–Kier alpha value is -3.80. The molecule has 33 heavy (non-hydrogen) atoms. The Labute approximate surface area is 194 Å². The highest BCUT2D eigenvalue weighted by atomic mass is 16.5. The molecule has 0 aromatic heterocycles. The Bertz CT molecular complexity index is 1050. The molecule has 1 N–H and O–H groups in total. The van der Waals surface area contributed by atoms with E-state index in [0.717, 1.165) is 25.1 Å². The van der Waals surface area contributed by atoms with Gasteiger partial charge < -0.3 is 19.9 Å². The summed E-state index contributed by atoms with van der Waals surface area (Å²) in [7, 11) is 0. The van der Waals surface area contributed by atoms with Gasteiger partial charge in [-0.1, -0.05) is 66.7 Å². The minimum absolute atomic E-state index is 0.0147. The molecule has 3 aromatic carbocycles. The van der Waals surface area contributed by atoms with Crippen molar-refractivity contribution in [3.63, 3.8) is 0 Å². The number of nitrogens with zero attached hydrogens (tertiary/aromatic N) is 2. The average molecular weight is 444 g/mol. The number of carbonyl (C=O) groups is 2. The van der Waals surface area contributed by atoms with Crippen molar-refractivity contribution >= 4 is 17.5 Å². The van der Waals surface area contributed by atoms with Crippen LogP contribution in [0.1, 0.15) is 11.1 Å². The molecule has 0 spiro atoms. The second kappa shape index (κ2) is 11.2. The summed E-state index contributed by atoms with van der Waals surface area (Å²) >= 11 is 0. The number of hydrogen-bond donors (Lipinski definition) is 1. The molecule has 4 rings (SSSR count). The molecule has 6 nitrogen and oxygen atoms in total. The van der Waals surface area contributed by atoms with Gasteiger partial charge in [-0.25, -0.2) is 0 Å². The number of benzene rings is 3. The molecule has 1 aliphatic rings. The summed E-state index contributed by atoms with van der Waals surface area (Å²) in [6.07, 6.45) is 0.728. The fourth-order valence-corrected chi connectivity index (χ4v) is 3.94. The summed E-state index contributed by atoms with van der Waals surface area (Å²) in [4.78, 5) is 28.9. The lowest BCUT2D eigenvalue weighted by molar-refractivity contribution is -0.133. The first-order valence-electron chi connectivity index (χ1n) is 11.3. The molecule has 1 heterocycles. The standard InChI is InChI=1S/C27H29N3O3/c31-26(21-33-25-14-8-7-11-23(25)19-22-9-3-1-4-10-22)28-20-27(32)30-17-15-29(16-18-30)24-12-5-2-6-13-24/h1-14H,15-21H2,(H,28,31). The average Bonchev–Trinajstić information content (AvgIpc) is 2.88. The van der Waals surface area contributed by atoms with Gasteiger partial charge in [-0.3, -0.25) is 9.59 Å². The first-order valence-corrected chi connectivity index (χ1v) is 11.3. The molecule has 1 saturated heterocycles. The quantitative estimate of drug-likeness (QED) is 0.581. The minimum atomic E-state index is -0.305. The van der Waals surface area contributed by atoms with Crippen LogP contribution in [0.2, 0.25) is 0 Å². The van der Waals surface area contributed by atoms with Crippen LogP contribution in [0.25, 0.3) is 0 Å². The molecule has 0 saturated carbocycles. The summed E-state index contributed by atoms with van der Waals surface area (Å²) in [5, 5.41) is 2.69. The van der Waals surface area contributed by atoms with Crippen LogP contribution in [0.15, 0.2) is 84.9 Å². The molecular weight excluding hydrogens is 414 g/mol. The van der Waals surface area contributed by atoms with Gasteiger partial charge in [0.2, 0.25) is 5.91 Å². The topological polar surface area (TPSA) is 61.9 Å². The molecule has 0 radical (unpaired) electrons. The smallest absolute Gasteiger partial charge is 0.258 e. The van der Waals surface area contributed by atoms with E-state index in [1.54, 1.807) is 4.90 Å². The third-order valence-electron chi connectivity index (χ3n) is 5.76. The van der Waals surface area contributed by atoms with E-state index < -0.39 is 0 Å². The third kappa shape index (κ3) is 6.35. The lowest BCUT2D eigenvalue weighted by Gasteiger charge is -2.36. The number of ether oxygens (including phenoxy) is 1. The van der Waals surface area contributed by atoms with Crippen molar-refractivity contribution in [2.45, 2.75) is 6.42 Å². The molecule has 0 aliphatic carbocycles. The van der Waals surface area contributed by atoms with E-state index in [1.165, 1.54) is 11.3 Å². The zero-order valence-corrected chi connectivity index (χ0v) is 18.7. The van der Waals surface area contributed by atoms with Gasteiger partial charge in [-0.2, -0.15) is 0 Å². The molecule has 3 aromatic rings. The first kappa shape index (κ1) is 22.4. The van der Waals surface area contributed by atoms with Gasteiger partial charge in [-0.05, 0) is 29.3 Å². The van der Waals surface area contributed by atoms with Crippen molar-refractivity contribution < 1.29 is 14.3 Å². The normalized spacial score (nSPS) is 13.5. The fourth-order valence-electron chi connectivity index (χ4n) is 3.94. The number of amides is 2. The van der Waals surface area contributed by atoms with Crippen molar-refractivity contribution in [3.05, 3.63) is 96.1 Å². The van der Waals surface area contributed by atoms with Crippen LogP contribution in [0, 0.1) is 0 Å². The van der Waals surface area contributed by atoms with Crippen molar-refractivity contribution in [1.82, 2.24) is 10.2 Å². The number of rotatable bonds is 8. The molecular formula is C27H29N3O3. The fraction of sp³-hybridized carbons (Fsp3) is 0.259. The van der Waals surface area contributed by atoms with Crippen molar-refractivity contribution in [1.29, 1.82) is 0 Å². The molecule has 6 heteroatoms. The predicted octanol–water partition coefficient (Wildman–Crippen LogP) is 3.12. The Kier molecular flexibility index (Phi) is 7.59. The number of carbonyl (C=O) groups excluding carboxylic acids is 2. The highest BCUT2D eigenvalue weighted by Gasteiger charge is 2.21. The summed E-state index contributed by atoms with van der Waals surface area (Å²) in [5.41, 5.74) is 3.36. The van der Waals surface area contributed by atoms with Gasteiger partial charge in [0.05, 0.1) is 6.54 Å². The maximum Gasteiger partial charge on any atom is 0.258 e. The second-order valence-corrected chi connectivity index (χ2v) is 8.04. The number of hydrogen-bond acceptors (Lipinski definition) is 4. The van der Waals surface area contributed by atoms with Crippen LogP contribution >= 0.6 is 0 Å². The molecule has 0 bridgehead atoms. The Morgan fingerprint density at radius 2 is 1.42 bits per heavy atom. The molecule has 2 amide bonds.